The number of aliphatic carboxylic acids is 1. The molecule has 0 radical (unpaired) electrons. The molecule has 0 spiro atoms. The number of hydrogen-bond donors (Lipinski definition) is 3. The smallest absolute Gasteiger partial charge is 0.311 e. The van der Waals surface area contributed by atoms with Gasteiger partial charge >= 0.3 is 5.97 Å². The lowest BCUT2D eigenvalue weighted by Gasteiger charge is -2.31. The van der Waals surface area contributed by atoms with Crippen molar-refractivity contribution in [2.75, 3.05) is 13.1 Å². The summed E-state index contributed by atoms with van der Waals surface area (Å²) >= 11 is 0. The molecule has 5 heteroatoms. The minimum absolute atomic E-state index is 0.0419. The second kappa shape index (κ2) is 5.90. The summed E-state index contributed by atoms with van der Waals surface area (Å²) < 4.78 is 0. The molecule has 1 saturated heterocycles. The van der Waals surface area contributed by atoms with Crippen LogP contribution in [0.4, 0.5) is 0 Å². The van der Waals surface area contributed by atoms with Crippen LogP contribution < -0.4 is 10.6 Å². The van der Waals surface area contributed by atoms with Gasteiger partial charge in [0.1, 0.15) is 0 Å². The molecule has 1 aliphatic heterocycles. The summed E-state index contributed by atoms with van der Waals surface area (Å²) in [6.45, 7) is 3.21. The van der Waals surface area contributed by atoms with Gasteiger partial charge in [0.05, 0.1) is 11.5 Å². The van der Waals surface area contributed by atoms with Crippen LogP contribution in [0.15, 0.2) is 0 Å². The van der Waals surface area contributed by atoms with E-state index in [-0.39, 0.29) is 18.5 Å². The maximum Gasteiger partial charge on any atom is 0.311 e. The van der Waals surface area contributed by atoms with Crippen molar-refractivity contribution in [1.29, 1.82) is 0 Å². The van der Waals surface area contributed by atoms with Crippen molar-refractivity contribution in [3.05, 3.63) is 0 Å². The standard InChI is InChI=1S/C14H24N2O3/c1-10-5-4-8-15-11(10)12(17)16-9-14(13(18)19)6-2-3-7-14/h10-11,15H,2-9H2,1H3,(H,16,17)(H,18,19). The second-order valence-electron chi connectivity index (χ2n) is 6.06. The Kier molecular flexibility index (Phi) is 4.45. The number of carboxylic acid groups (broad SMARTS) is 1. The van der Waals surface area contributed by atoms with Crippen LogP contribution in [-0.2, 0) is 9.59 Å². The number of rotatable bonds is 4. The molecule has 1 saturated carbocycles. The van der Waals surface area contributed by atoms with E-state index in [2.05, 4.69) is 17.6 Å². The number of nitrogens with one attached hydrogen (secondary N) is 2. The van der Waals surface area contributed by atoms with E-state index in [1.807, 2.05) is 0 Å². The number of carboxylic acids is 1. The summed E-state index contributed by atoms with van der Waals surface area (Å²) in [6, 6.07) is -0.166. The van der Waals surface area contributed by atoms with Crippen LogP contribution >= 0.6 is 0 Å². The fourth-order valence-corrected chi connectivity index (χ4v) is 3.28. The molecule has 2 fully saturated rings. The van der Waals surface area contributed by atoms with Crippen molar-refractivity contribution in [1.82, 2.24) is 10.6 Å². The second-order valence-corrected chi connectivity index (χ2v) is 6.06. The maximum atomic E-state index is 12.2. The van der Waals surface area contributed by atoms with E-state index in [4.69, 9.17) is 0 Å². The van der Waals surface area contributed by atoms with Crippen molar-refractivity contribution >= 4 is 11.9 Å². The number of piperidine rings is 1. The van der Waals surface area contributed by atoms with Gasteiger partial charge in [-0.05, 0) is 38.1 Å². The van der Waals surface area contributed by atoms with Crippen molar-refractivity contribution in [2.24, 2.45) is 11.3 Å². The lowest BCUT2D eigenvalue weighted by molar-refractivity contribution is -0.148. The Morgan fingerprint density at radius 1 is 1.32 bits per heavy atom. The quantitative estimate of drug-likeness (QED) is 0.714. The third kappa shape index (κ3) is 3.08. The molecule has 0 bridgehead atoms. The molecule has 2 atom stereocenters. The molecule has 5 nitrogen and oxygen atoms in total. The first kappa shape index (κ1) is 14.3. The molecule has 1 aliphatic carbocycles. The van der Waals surface area contributed by atoms with Gasteiger partial charge in [0.25, 0.3) is 0 Å². The maximum absolute atomic E-state index is 12.2. The number of amides is 1. The van der Waals surface area contributed by atoms with Crippen molar-refractivity contribution in [3.8, 4) is 0 Å². The lowest BCUT2D eigenvalue weighted by Crippen LogP contribution is -2.53. The Bertz CT molecular complexity index is 351. The molecule has 1 heterocycles. The molecule has 0 aromatic rings. The predicted molar refractivity (Wildman–Crippen MR) is 71.7 cm³/mol. The zero-order chi connectivity index (χ0) is 13.9. The monoisotopic (exact) mass is 268 g/mol. The highest BCUT2D eigenvalue weighted by molar-refractivity contribution is 5.83. The fraction of sp³-hybridized carbons (Fsp3) is 0.857. The van der Waals surface area contributed by atoms with E-state index >= 15 is 0 Å². The van der Waals surface area contributed by atoms with E-state index < -0.39 is 11.4 Å². The molecule has 0 aromatic heterocycles. The van der Waals surface area contributed by atoms with Crippen LogP contribution in [0, 0.1) is 11.3 Å². The number of hydrogen-bond acceptors (Lipinski definition) is 3. The fourth-order valence-electron chi connectivity index (χ4n) is 3.28. The van der Waals surface area contributed by atoms with E-state index in [0.29, 0.717) is 18.8 Å². The minimum atomic E-state index is -0.769. The highest BCUT2D eigenvalue weighted by atomic mass is 16.4. The lowest BCUT2D eigenvalue weighted by atomic mass is 9.85. The molecule has 19 heavy (non-hydrogen) atoms. The zero-order valence-corrected chi connectivity index (χ0v) is 11.6. The third-order valence-corrected chi connectivity index (χ3v) is 4.67. The van der Waals surface area contributed by atoms with Crippen LogP contribution in [0.2, 0.25) is 0 Å². The highest BCUT2D eigenvalue weighted by Gasteiger charge is 2.42. The predicted octanol–water partition coefficient (Wildman–Crippen LogP) is 1.14. The van der Waals surface area contributed by atoms with Crippen LogP contribution in [-0.4, -0.2) is 36.1 Å². The third-order valence-electron chi connectivity index (χ3n) is 4.67. The Morgan fingerprint density at radius 2 is 2.00 bits per heavy atom. The van der Waals surface area contributed by atoms with Crippen LogP contribution in [0.1, 0.15) is 45.4 Å². The van der Waals surface area contributed by atoms with Gasteiger partial charge in [-0.25, -0.2) is 0 Å². The molecule has 3 N–H and O–H groups in total. The van der Waals surface area contributed by atoms with E-state index in [0.717, 1.165) is 32.2 Å². The first-order valence-electron chi connectivity index (χ1n) is 7.30. The Balaban J connectivity index is 1.90. The molecule has 108 valence electrons. The number of carbonyl (C=O) groups excluding carboxylic acids is 1. The van der Waals surface area contributed by atoms with E-state index in [1.165, 1.54) is 0 Å². The minimum Gasteiger partial charge on any atom is -0.481 e. The van der Waals surface area contributed by atoms with Gasteiger partial charge in [-0.2, -0.15) is 0 Å². The molecule has 2 aliphatic rings. The van der Waals surface area contributed by atoms with E-state index in [1.54, 1.807) is 0 Å². The normalized spacial score (nSPS) is 29.9. The summed E-state index contributed by atoms with van der Waals surface area (Å²) in [5.41, 5.74) is -0.729. The SMILES string of the molecule is CC1CCCNC1C(=O)NCC1(C(=O)O)CCCC1. The largest absolute Gasteiger partial charge is 0.481 e. The molecule has 1 amide bonds. The van der Waals surface area contributed by atoms with Crippen LogP contribution in [0.5, 0.6) is 0 Å². The topological polar surface area (TPSA) is 78.4 Å². The van der Waals surface area contributed by atoms with Crippen molar-refractivity contribution in [3.63, 3.8) is 0 Å². The van der Waals surface area contributed by atoms with Crippen LogP contribution in [0.25, 0.3) is 0 Å². The Hall–Kier alpha value is -1.10. The number of carbonyl (C=O) groups is 2. The van der Waals surface area contributed by atoms with Gasteiger partial charge in [-0.1, -0.05) is 19.8 Å². The summed E-state index contributed by atoms with van der Waals surface area (Å²) in [5, 5.41) is 15.5. The Morgan fingerprint density at radius 3 is 2.58 bits per heavy atom. The molecular weight excluding hydrogens is 244 g/mol. The molecule has 2 rings (SSSR count). The van der Waals surface area contributed by atoms with Gasteiger partial charge in [0.15, 0.2) is 0 Å². The summed E-state index contributed by atoms with van der Waals surface area (Å²) in [4.78, 5) is 23.6. The summed E-state index contributed by atoms with van der Waals surface area (Å²) in [5.74, 6) is -0.493. The first-order valence-corrected chi connectivity index (χ1v) is 7.30. The molecular formula is C14H24N2O3. The highest BCUT2D eigenvalue weighted by Crippen LogP contribution is 2.37. The summed E-state index contributed by atoms with van der Waals surface area (Å²) in [6.07, 6.45) is 5.40. The Labute approximate surface area is 114 Å². The van der Waals surface area contributed by atoms with Crippen molar-refractivity contribution in [2.45, 2.75) is 51.5 Å². The average Bonchev–Trinajstić information content (AvgIpc) is 2.86. The summed E-state index contributed by atoms with van der Waals surface area (Å²) in [7, 11) is 0. The van der Waals surface area contributed by atoms with Crippen LogP contribution in [0.3, 0.4) is 0 Å². The zero-order valence-electron chi connectivity index (χ0n) is 11.6. The first-order chi connectivity index (χ1) is 9.05. The van der Waals surface area contributed by atoms with Gasteiger partial charge in [0, 0.05) is 6.54 Å². The molecule has 2 unspecified atom stereocenters. The van der Waals surface area contributed by atoms with E-state index in [9.17, 15) is 14.7 Å². The van der Waals surface area contributed by atoms with Gasteiger partial charge in [-0.15, -0.1) is 0 Å². The van der Waals surface area contributed by atoms with Gasteiger partial charge in [-0.3, -0.25) is 9.59 Å². The van der Waals surface area contributed by atoms with Gasteiger partial charge < -0.3 is 15.7 Å². The average molecular weight is 268 g/mol. The van der Waals surface area contributed by atoms with Gasteiger partial charge in [0.2, 0.25) is 5.91 Å². The molecule has 0 aromatic carbocycles. The van der Waals surface area contributed by atoms with Crippen molar-refractivity contribution < 1.29 is 14.7 Å².